The van der Waals surface area contributed by atoms with Crippen LogP contribution in [0.15, 0.2) is 54.6 Å². The molecule has 0 unspecified atom stereocenters. The molecule has 3 aromatic carbocycles. The number of non-ortho nitro benzene ring substituents is 3. The molecule has 0 bridgehead atoms. The van der Waals surface area contributed by atoms with Crippen LogP contribution in [-0.2, 0) is 0 Å². The molecule has 1 aliphatic rings. The van der Waals surface area contributed by atoms with E-state index in [1.165, 1.54) is 54.6 Å². The number of hydrogen-bond donors (Lipinski definition) is 0. The van der Waals surface area contributed by atoms with Crippen molar-refractivity contribution >= 4 is 34.4 Å². The molecule has 0 spiro atoms. The van der Waals surface area contributed by atoms with Crippen molar-refractivity contribution in [2.45, 2.75) is 0 Å². The van der Waals surface area contributed by atoms with E-state index in [0.717, 1.165) is 6.07 Å². The van der Waals surface area contributed by atoms with Crippen LogP contribution >= 0.6 is 0 Å². The lowest BCUT2D eigenvalue weighted by Gasteiger charge is -2.04. The smallest absolute Gasteiger partial charge is 0.258 e. The molecule has 0 N–H and O–H groups in total. The molecule has 3 aromatic rings. The van der Waals surface area contributed by atoms with E-state index in [1.807, 2.05) is 0 Å². The maximum absolute atomic E-state index is 11.7. The number of benzene rings is 3. The Balaban J connectivity index is 2.03. The summed E-state index contributed by atoms with van der Waals surface area (Å²) in [4.78, 5) is 42.5. The number of nitro benzene ring substituents is 4. The van der Waals surface area contributed by atoms with Crippen LogP contribution in [0.1, 0.15) is 16.7 Å². The highest BCUT2D eigenvalue weighted by atomic mass is 16.6. The van der Waals surface area contributed by atoms with Crippen LogP contribution in [0.3, 0.4) is 0 Å². The zero-order valence-corrected chi connectivity index (χ0v) is 15.8. The summed E-state index contributed by atoms with van der Waals surface area (Å²) in [7, 11) is 0. The lowest BCUT2D eigenvalue weighted by Crippen LogP contribution is -1.96. The largest absolute Gasteiger partial charge is 0.284 e. The Bertz CT molecular complexity index is 1380. The van der Waals surface area contributed by atoms with Gasteiger partial charge in [-0.15, -0.1) is 0 Å². The van der Waals surface area contributed by atoms with Gasteiger partial charge in [0.1, 0.15) is 0 Å². The monoisotopic (exact) mass is 434 g/mol. The molecule has 12 nitrogen and oxygen atoms in total. The minimum absolute atomic E-state index is 0.110. The molecule has 12 heteroatoms. The van der Waals surface area contributed by atoms with Crippen LogP contribution < -0.4 is 0 Å². The molecule has 0 heterocycles. The van der Waals surface area contributed by atoms with Crippen molar-refractivity contribution in [3.8, 4) is 11.1 Å². The first-order valence-electron chi connectivity index (χ1n) is 8.90. The number of rotatable bonds is 5. The van der Waals surface area contributed by atoms with Gasteiger partial charge in [0.25, 0.3) is 22.7 Å². The zero-order chi connectivity index (χ0) is 23.2. The third-order valence-corrected chi connectivity index (χ3v) is 4.99. The predicted octanol–water partition coefficient (Wildman–Crippen LogP) is 4.89. The van der Waals surface area contributed by atoms with Crippen molar-refractivity contribution in [3.05, 3.63) is 112 Å². The molecule has 0 amide bonds. The summed E-state index contributed by atoms with van der Waals surface area (Å²) in [6.45, 7) is 0. The summed E-state index contributed by atoms with van der Waals surface area (Å²) in [5.74, 6) is 0. The lowest BCUT2D eigenvalue weighted by atomic mass is 10.00. The molecule has 0 atom stereocenters. The quantitative estimate of drug-likeness (QED) is 0.315. The van der Waals surface area contributed by atoms with Gasteiger partial charge in [-0.1, -0.05) is 0 Å². The van der Waals surface area contributed by atoms with Gasteiger partial charge in [-0.25, -0.2) is 0 Å². The van der Waals surface area contributed by atoms with Gasteiger partial charge >= 0.3 is 0 Å². The van der Waals surface area contributed by atoms with Crippen molar-refractivity contribution in [2.24, 2.45) is 0 Å². The molecule has 0 saturated carbocycles. The highest BCUT2D eigenvalue weighted by molar-refractivity contribution is 6.09. The van der Waals surface area contributed by atoms with Crippen molar-refractivity contribution in [3.63, 3.8) is 0 Å². The van der Waals surface area contributed by atoms with Gasteiger partial charge in [0, 0.05) is 35.9 Å². The Morgan fingerprint density at radius 2 is 1.12 bits per heavy atom. The van der Waals surface area contributed by atoms with E-state index in [2.05, 4.69) is 0 Å². The Morgan fingerprint density at radius 3 is 1.69 bits per heavy atom. The first-order valence-corrected chi connectivity index (χ1v) is 8.90. The molecule has 1 aliphatic carbocycles. The van der Waals surface area contributed by atoms with Gasteiger partial charge in [-0.2, -0.15) is 0 Å². The second-order valence-electron chi connectivity index (χ2n) is 6.80. The summed E-state index contributed by atoms with van der Waals surface area (Å²) in [5.41, 5.74) is 0.215. The normalized spacial score (nSPS) is 12.8. The van der Waals surface area contributed by atoms with Crippen LogP contribution in [-0.4, -0.2) is 19.7 Å². The van der Waals surface area contributed by atoms with Gasteiger partial charge < -0.3 is 0 Å². The van der Waals surface area contributed by atoms with E-state index in [-0.39, 0.29) is 28.1 Å². The van der Waals surface area contributed by atoms with Crippen LogP contribution in [0, 0.1) is 40.5 Å². The Morgan fingerprint density at radius 1 is 0.562 bits per heavy atom. The summed E-state index contributed by atoms with van der Waals surface area (Å²) in [6, 6.07) is 11.2. The molecule has 0 aliphatic heterocycles. The second kappa shape index (κ2) is 7.36. The SMILES string of the molecule is O=[N+]([O-])c1ccc(/C=C2\c3cc([N+](=O)[O-])ccc3-c3c2cc([N+](=O)[O-])cc3[N+](=O)[O-])cc1. The molecule has 0 saturated heterocycles. The first kappa shape index (κ1) is 20.3. The van der Waals surface area contributed by atoms with E-state index in [9.17, 15) is 40.5 Å². The number of fused-ring (bicyclic) bond motifs is 3. The minimum Gasteiger partial charge on any atom is -0.258 e. The summed E-state index contributed by atoms with van der Waals surface area (Å²) in [6.07, 6.45) is 1.52. The van der Waals surface area contributed by atoms with Crippen LogP contribution in [0.4, 0.5) is 22.7 Å². The molecular formula is C20H10N4O8. The van der Waals surface area contributed by atoms with Gasteiger partial charge in [0.15, 0.2) is 0 Å². The van der Waals surface area contributed by atoms with Crippen molar-refractivity contribution < 1.29 is 19.7 Å². The fourth-order valence-electron chi connectivity index (χ4n) is 3.60. The molecule has 32 heavy (non-hydrogen) atoms. The summed E-state index contributed by atoms with van der Waals surface area (Å²) in [5, 5.41) is 45.2. The summed E-state index contributed by atoms with van der Waals surface area (Å²) >= 11 is 0. The van der Waals surface area contributed by atoms with Crippen molar-refractivity contribution in [2.75, 3.05) is 0 Å². The van der Waals surface area contributed by atoms with Gasteiger partial charge in [0.2, 0.25) is 0 Å². The maximum Gasteiger partial charge on any atom is 0.284 e. The molecule has 0 fully saturated rings. The standard InChI is InChI=1S/C20H10N4O8/c25-21(26)12-3-1-11(2-4-12)7-16-17-8-13(22(27)28)5-6-15(17)20-18(16)9-14(23(29)30)10-19(20)24(31)32/h1-10H/b16-7+. The predicted molar refractivity (Wildman–Crippen MR) is 112 cm³/mol. The third kappa shape index (κ3) is 3.31. The van der Waals surface area contributed by atoms with Crippen molar-refractivity contribution in [1.82, 2.24) is 0 Å². The number of nitrogens with zero attached hydrogens (tertiary/aromatic N) is 4. The molecule has 158 valence electrons. The van der Waals surface area contributed by atoms with Crippen molar-refractivity contribution in [1.29, 1.82) is 0 Å². The topological polar surface area (TPSA) is 173 Å². The first-order chi connectivity index (χ1) is 15.2. The highest BCUT2D eigenvalue weighted by Crippen LogP contribution is 2.51. The average molecular weight is 434 g/mol. The molecular weight excluding hydrogens is 424 g/mol. The molecule has 0 aromatic heterocycles. The fraction of sp³-hybridized carbons (Fsp3) is 0. The van der Waals surface area contributed by atoms with E-state index < -0.39 is 31.1 Å². The Labute approximate surface area is 177 Å². The summed E-state index contributed by atoms with van der Waals surface area (Å²) < 4.78 is 0. The average Bonchev–Trinajstić information content (AvgIpc) is 3.06. The van der Waals surface area contributed by atoms with Crippen LogP contribution in [0.25, 0.3) is 22.8 Å². The van der Waals surface area contributed by atoms with Gasteiger partial charge in [0.05, 0.1) is 31.3 Å². The second-order valence-corrected chi connectivity index (χ2v) is 6.80. The third-order valence-electron chi connectivity index (χ3n) is 4.99. The van der Waals surface area contributed by atoms with E-state index >= 15 is 0 Å². The van der Waals surface area contributed by atoms with Gasteiger partial charge in [-0.05, 0) is 46.5 Å². The minimum atomic E-state index is -0.762. The van der Waals surface area contributed by atoms with E-state index in [1.54, 1.807) is 0 Å². The fourth-order valence-corrected chi connectivity index (χ4v) is 3.60. The maximum atomic E-state index is 11.7. The Hall–Kier alpha value is -5.00. The Kier molecular flexibility index (Phi) is 4.66. The molecule has 0 radical (unpaired) electrons. The molecule has 4 rings (SSSR count). The van der Waals surface area contributed by atoms with E-state index in [0.29, 0.717) is 16.7 Å². The van der Waals surface area contributed by atoms with Gasteiger partial charge in [-0.3, -0.25) is 40.5 Å². The van der Waals surface area contributed by atoms with E-state index in [4.69, 9.17) is 0 Å². The van der Waals surface area contributed by atoms with Crippen LogP contribution in [0.2, 0.25) is 0 Å². The van der Waals surface area contributed by atoms with Crippen LogP contribution in [0.5, 0.6) is 0 Å². The number of nitro groups is 4. The number of hydrogen-bond acceptors (Lipinski definition) is 8. The lowest BCUT2D eigenvalue weighted by molar-refractivity contribution is -0.393. The highest BCUT2D eigenvalue weighted by Gasteiger charge is 2.34. The zero-order valence-electron chi connectivity index (χ0n) is 15.8.